The lowest BCUT2D eigenvalue weighted by Crippen LogP contribution is -2.31. The normalized spacial score (nSPS) is 16.8. The van der Waals surface area contributed by atoms with Crippen LogP contribution in [0, 0.1) is 10.5 Å². The van der Waals surface area contributed by atoms with Gasteiger partial charge in [0.25, 0.3) is 0 Å². The minimum Gasteiger partial charge on any atom is -0.493 e. The monoisotopic (exact) mass is 423 g/mol. The zero-order valence-corrected chi connectivity index (χ0v) is 15.9. The van der Waals surface area contributed by atoms with Crippen molar-refractivity contribution in [1.82, 2.24) is 5.32 Å². The second-order valence-corrected chi connectivity index (χ2v) is 7.25. The number of fused-ring (bicyclic) bond motifs is 1. The number of ether oxygens (including phenoxy) is 2. The lowest BCUT2D eigenvalue weighted by atomic mass is 9.89. The second-order valence-electron chi connectivity index (χ2n) is 6.00. The summed E-state index contributed by atoms with van der Waals surface area (Å²) in [7, 11) is 3.38. The van der Waals surface area contributed by atoms with E-state index in [4.69, 9.17) is 9.47 Å². The van der Waals surface area contributed by atoms with E-state index in [0.717, 1.165) is 30.9 Å². The lowest BCUT2D eigenvalue weighted by Gasteiger charge is -2.28. The Bertz CT molecular complexity index is 695. The number of benzene rings is 2. The fourth-order valence-electron chi connectivity index (χ4n) is 3.32. The average Bonchev–Trinajstić information content (AvgIpc) is 2.53. The molecule has 0 spiro atoms. The van der Waals surface area contributed by atoms with Crippen LogP contribution in [0.2, 0.25) is 0 Å². The molecular formula is C19H22INO2. The number of rotatable bonds is 4. The molecule has 4 heteroatoms. The molecule has 1 atom stereocenters. The minimum atomic E-state index is 0.316. The Balaban J connectivity index is 1.94. The molecule has 3 rings (SSSR count). The molecule has 0 aromatic heterocycles. The van der Waals surface area contributed by atoms with Gasteiger partial charge in [-0.05, 0) is 95.4 Å². The van der Waals surface area contributed by atoms with Crippen LogP contribution in [0.3, 0.4) is 0 Å². The SMILES string of the molecule is COc1cc2c(cc1OC)C(Cc1cc(C)cc(I)c1)NCC2. The Morgan fingerprint density at radius 3 is 2.52 bits per heavy atom. The molecule has 0 amide bonds. The molecular weight excluding hydrogens is 401 g/mol. The number of halogens is 1. The molecule has 1 unspecified atom stereocenters. The standard InChI is InChI=1S/C19H22INO2/c1-12-6-13(8-15(20)7-12)9-17-16-11-19(23-3)18(22-2)10-14(16)4-5-21-17/h6-8,10-11,17,21H,4-5,9H2,1-3H3. The molecule has 1 aliphatic rings. The molecule has 0 saturated heterocycles. The molecule has 0 radical (unpaired) electrons. The van der Waals surface area contributed by atoms with Gasteiger partial charge in [0.1, 0.15) is 0 Å². The maximum absolute atomic E-state index is 5.49. The first-order valence-electron chi connectivity index (χ1n) is 7.85. The van der Waals surface area contributed by atoms with Gasteiger partial charge in [-0.1, -0.05) is 6.07 Å². The van der Waals surface area contributed by atoms with E-state index in [9.17, 15) is 0 Å². The predicted octanol–water partition coefficient (Wildman–Crippen LogP) is 4.05. The maximum Gasteiger partial charge on any atom is 0.161 e. The van der Waals surface area contributed by atoms with Crippen molar-refractivity contribution in [3.63, 3.8) is 0 Å². The molecule has 0 saturated carbocycles. The van der Waals surface area contributed by atoms with E-state index < -0.39 is 0 Å². The first kappa shape index (κ1) is 16.6. The smallest absolute Gasteiger partial charge is 0.161 e. The number of nitrogens with one attached hydrogen (secondary N) is 1. The van der Waals surface area contributed by atoms with Crippen LogP contribution in [0.25, 0.3) is 0 Å². The summed E-state index contributed by atoms with van der Waals surface area (Å²) in [4.78, 5) is 0. The predicted molar refractivity (Wildman–Crippen MR) is 102 cm³/mol. The van der Waals surface area contributed by atoms with Crippen molar-refractivity contribution in [2.45, 2.75) is 25.8 Å². The van der Waals surface area contributed by atoms with Gasteiger partial charge in [0.05, 0.1) is 14.2 Å². The number of methoxy groups -OCH3 is 2. The topological polar surface area (TPSA) is 30.5 Å². The van der Waals surface area contributed by atoms with Crippen molar-refractivity contribution in [3.05, 3.63) is 56.2 Å². The van der Waals surface area contributed by atoms with Gasteiger partial charge >= 0.3 is 0 Å². The highest BCUT2D eigenvalue weighted by Gasteiger charge is 2.23. The molecule has 122 valence electrons. The van der Waals surface area contributed by atoms with Crippen LogP contribution in [0.1, 0.15) is 28.3 Å². The van der Waals surface area contributed by atoms with Crippen LogP contribution in [0.5, 0.6) is 11.5 Å². The Morgan fingerprint density at radius 2 is 1.83 bits per heavy atom. The summed E-state index contributed by atoms with van der Waals surface area (Å²) in [6, 6.07) is 11.3. The van der Waals surface area contributed by atoms with Crippen LogP contribution in [0.15, 0.2) is 30.3 Å². The van der Waals surface area contributed by atoms with Gasteiger partial charge in [-0.2, -0.15) is 0 Å². The van der Waals surface area contributed by atoms with Gasteiger partial charge < -0.3 is 14.8 Å². The Hall–Kier alpha value is -1.27. The van der Waals surface area contributed by atoms with Crippen LogP contribution in [-0.2, 0) is 12.8 Å². The summed E-state index contributed by atoms with van der Waals surface area (Å²) in [5, 5.41) is 3.65. The maximum atomic E-state index is 5.49. The Morgan fingerprint density at radius 1 is 1.09 bits per heavy atom. The third-order valence-electron chi connectivity index (χ3n) is 4.35. The highest BCUT2D eigenvalue weighted by atomic mass is 127. The Labute approximate surface area is 151 Å². The van der Waals surface area contributed by atoms with Crippen LogP contribution in [-0.4, -0.2) is 20.8 Å². The highest BCUT2D eigenvalue weighted by Crippen LogP contribution is 2.36. The van der Waals surface area contributed by atoms with Gasteiger partial charge in [-0.3, -0.25) is 0 Å². The molecule has 0 bridgehead atoms. The van der Waals surface area contributed by atoms with E-state index in [2.05, 4.69) is 65.2 Å². The quantitative estimate of drug-likeness (QED) is 0.753. The largest absolute Gasteiger partial charge is 0.493 e. The molecule has 0 aliphatic carbocycles. The van der Waals surface area contributed by atoms with Crippen LogP contribution < -0.4 is 14.8 Å². The third kappa shape index (κ3) is 3.63. The van der Waals surface area contributed by atoms with E-state index in [1.807, 2.05) is 0 Å². The van der Waals surface area contributed by atoms with Gasteiger partial charge in [0.2, 0.25) is 0 Å². The summed E-state index contributed by atoms with van der Waals surface area (Å²) < 4.78 is 12.2. The van der Waals surface area contributed by atoms with Crippen molar-refractivity contribution in [3.8, 4) is 11.5 Å². The third-order valence-corrected chi connectivity index (χ3v) is 4.97. The fourth-order valence-corrected chi connectivity index (χ4v) is 4.21. The van der Waals surface area contributed by atoms with Gasteiger partial charge in [0, 0.05) is 9.61 Å². The zero-order valence-electron chi connectivity index (χ0n) is 13.8. The van der Waals surface area contributed by atoms with E-state index in [0.29, 0.717) is 6.04 Å². The van der Waals surface area contributed by atoms with Gasteiger partial charge in [-0.15, -0.1) is 0 Å². The van der Waals surface area contributed by atoms with E-state index in [1.165, 1.54) is 25.8 Å². The van der Waals surface area contributed by atoms with Crippen molar-refractivity contribution in [1.29, 1.82) is 0 Å². The molecule has 1 heterocycles. The summed E-state index contributed by atoms with van der Waals surface area (Å²) in [5.74, 6) is 1.62. The van der Waals surface area contributed by atoms with Crippen LogP contribution in [0.4, 0.5) is 0 Å². The minimum absolute atomic E-state index is 0.316. The van der Waals surface area contributed by atoms with Crippen molar-refractivity contribution in [2.24, 2.45) is 0 Å². The fraction of sp³-hybridized carbons (Fsp3) is 0.368. The number of aryl methyl sites for hydroxylation is 1. The molecule has 1 N–H and O–H groups in total. The molecule has 1 aliphatic heterocycles. The Kier molecular flexibility index (Phi) is 5.11. The number of hydrogen-bond donors (Lipinski definition) is 1. The average molecular weight is 423 g/mol. The van der Waals surface area contributed by atoms with Gasteiger partial charge in [-0.25, -0.2) is 0 Å². The van der Waals surface area contributed by atoms with Crippen molar-refractivity contribution >= 4 is 22.6 Å². The van der Waals surface area contributed by atoms with Crippen molar-refractivity contribution in [2.75, 3.05) is 20.8 Å². The van der Waals surface area contributed by atoms with Crippen molar-refractivity contribution < 1.29 is 9.47 Å². The first-order chi connectivity index (χ1) is 11.1. The molecule has 2 aromatic rings. The zero-order chi connectivity index (χ0) is 16.4. The lowest BCUT2D eigenvalue weighted by molar-refractivity contribution is 0.352. The summed E-state index contributed by atoms with van der Waals surface area (Å²) in [6.07, 6.45) is 2.01. The summed E-state index contributed by atoms with van der Waals surface area (Å²) in [6.45, 7) is 3.15. The molecule has 0 fully saturated rings. The number of hydrogen-bond acceptors (Lipinski definition) is 3. The van der Waals surface area contributed by atoms with Gasteiger partial charge in [0.15, 0.2) is 11.5 Å². The summed E-state index contributed by atoms with van der Waals surface area (Å²) >= 11 is 2.39. The van der Waals surface area contributed by atoms with E-state index in [1.54, 1.807) is 14.2 Å². The van der Waals surface area contributed by atoms with E-state index >= 15 is 0 Å². The first-order valence-corrected chi connectivity index (χ1v) is 8.93. The van der Waals surface area contributed by atoms with Crippen LogP contribution >= 0.6 is 22.6 Å². The molecule has 3 nitrogen and oxygen atoms in total. The summed E-state index contributed by atoms with van der Waals surface area (Å²) in [5.41, 5.74) is 5.36. The molecule has 2 aromatic carbocycles. The van der Waals surface area contributed by atoms with E-state index in [-0.39, 0.29) is 0 Å². The highest BCUT2D eigenvalue weighted by molar-refractivity contribution is 14.1. The second kappa shape index (κ2) is 7.09. The molecule has 23 heavy (non-hydrogen) atoms.